The van der Waals surface area contributed by atoms with Gasteiger partial charge in [-0.25, -0.2) is 4.98 Å². The second-order valence-corrected chi connectivity index (χ2v) is 3.80. The van der Waals surface area contributed by atoms with Crippen LogP contribution in [0.2, 0.25) is 0 Å². The van der Waals surface area contributed by atoms with Gasteiger partial charge in [-0.2, -0.15) is 13.2 Å². The highest BCUT2D eigenvalue weighted by Gasteiger charge is 2.38. The quantitative estimate of drug-likeness (QED) is 0.797. The fourth-order valence-electron chi connectivity index (χ4n) is 1.13. The van der Waals surface area contributed by atoms with E-state index in [0.717, 1.165) is 0 Å². The Labute approximate surface area is 86.2 Å². The van der Waals surface area contributed by atoms with Gasteiger partial charge >= 0.3 is 6.18 Å². The lowest BCUT2D eigenvalue weighted by Crippen LogP contribution is -2.24. The van der Waals surface area contributed by atoms with Crippen molar-refractivity contribution in [2.45, 2.75) is 12.6 Å². The molecule has 3 nitrogen and oxygen atoms in total. The van der Waals surface area contributed by atoms with Crippen molar-refractivity contribution in [3.05, 3.63) is 23.5 Å². The fourth-order valence-corrected chi connectivity index (χ4v) is 1.84. The van der Waals surface area contributed by atoms with Crippen molar-refractivity contribution in [2.75, 3.05) is 0 Å². The molecule has 2 rings (SSSR count). The van der Waals surface area contributed by atoms with E-state index in [9.17, 15) is 18.0 Å². The second kappa shape index (κ2) is 3.34. The Bertz CT molecular complexity index is 471. The summed E-state index contributed by atoms with van der Waals surface area (Å²) >= 11 is 1.30. The molecule has 0 atom stereocenters. The molecule has 0 aliphatic heterocycles. The van der Waals surface area contributed by atoms with E-state index in [4.69, 9.17) is 0 Å². The third-order valence-electron chi connectivity index (χ3n) is 1.80. The van der Waals surface area contributed by atoms with Gasteiger partial charge in [0.05, 0.1) is 12.1 Å². The molecule has 2 heterocycles. The molecule has 0 N–H and O–H groups in total. The van der Waals surface area contributed by atoms with Crippen LogP contribution in [-0.4, -0.2) is 21.3 Å². The third-order valence-corrected chi connectivity index (χ3v) is 2.57. The number of imidazole rings is 1. The monoisotopic (exact) mass is 234 g/mol. The number of Topliss-reactive ketones (excluding diaryl/α,β-unsaturated/α-hetero) is 1. The van der Waals surface area contributed by atoms with Crippen LogP contribution in [0.4, 0.5) is 13.2 Å². The number of nitrogens with zero attached hydrogens (tertiary/aromatic N) is 2. The van der Waals surface area contributed by atoms with E-state index in [-0.39, 0.29) is 5.69 Å². The third kappa shape index (κ3) is 2.01. The molecule has 0 saturated heterocycles. The Morgan fingerprint density at radius 1 is 1.53 bits per heavy atom. The van der Waals surface area contributed by atoms with Crippen molar-refractivity contribution in [1.29, 1.82) is 0 Å². The molecular weight excluding hydrogens is 229 g/mol. The van der Waals surface area contributed by atoms with Crippen molar-refractivity contribution >= 4 is 22.1 Å². The number of hydrogen-bond donors (Lipinski definition) is 0. The predicted octanol–water partition coefficient (Wildman–Crippen LogP) is 2.07. The van der Waals surface area contributed by atoms with Gasteiger partial charge in [0.25, 0.3) is 0 Å². The Morgan fingerprint density at radius 2 is 2.27 bits per heavy atom. The molecule has 0 bridgehead atoms. The standard InChI is InChI=1S/C8H5F3N2OS/c9-8(10,11)6(14)3-5-4-13-1-2-15-7(13)12-5/h1-2,4H,3H2. The van der Waals surface area contributed by atoms with Gasteiger partial charge in [-0.3, -0.25) is 9.20 Å². The number of ketones is 1. The summed E-state index contributed by atoms with van der Waals surface area (Å²) in [7, 11) is 0. The predicted molar refractivity (Wildman–Crippen MR) is 47.8 cm³/mol. The lowest BCUT2D eigenvalue weighted by Gasteiger charge is -2.01. The summed E-state index contributed by atoms with van der Waals surface area (Å²) < 4.78 is 37.4. The van der Waals surface area contributed by atoms with Gasteiger partial charge in [-0.05, 0) is 0 Å². The Morgan fingerprint density at radius 3 is 2.87 bits per heavy atom. The first-order valence-electron chi connectivity index (χ1n) is 3.98. The molecule has 0 aliphatic carbocycles. The maximum atomic E-state index is 11.9. The normalized spacial score (nSPS) is 12.2. The van der Waals surface area contributed by atoms with Crippen LogP contribution < -0.4 is 0 Å². The number of carbonyl (C=O) groups excluding carboxylic acids is 1. The Kier molecular flexibility index (Phi) is 2.26. The van der Waals surface area contributed by atoms with E-state index >= 15 is 0 Å². The number of rotatable bonds is 2. The molecule has 0 aromatic carbocycles. The second-order valence-electron chi connectivity index (χ2n) is 2.92. The zero-order valence-corrected chi connectivity index (χ0v) is 8.10. The van der Waals surface area contributed by atoms with Gasteiger partial charge in [0.1, 0.15) is 0 Å². The van der Waals surface area contributed by atoms with Crippen molar-refractivity contribution in [1.82, 2.24) is 9.38 Å². The van der Waals surface area contributed by atoms with Crippen molar-refractivity contribution in [3.8, 4) is 0 Å². The van der Waals surface area contributed by atoms with Gasteiger partial charge in [0, 0.05) is 17.8 Å². The van der Waals surface area contributed by atoms with Gasteiger partial charge in [0.2, 0.25) is 5.78 Å². The minimum atomic E-state index is -4.78. The smallest absolute Gasteiger partial charge is 0.297 e. The molecule has 0 saturated carbocycles. The Hall–Kier alpha value is -1.37. The molecule has 7 heteroatoms. The van der Waals surface area contributed by atoms with Crippen molar-refractivity contribution < 1.29 is 18.0 Å². The van der Waals surface area contributed by atoms with E-state index in [1.54, 1.807) is 16.0 Å². The van der Waals surface area contributed by atoms with Crippen LogP contribution in [-0.2, 0) is 11.2 Å². The van der Waals surface area contributed by atoms with Crippen LogP contribution in [0.15, 0.2) is 17.8 Å². The number of alkyl halides is 3. The highest BCUT2D eigenvalue weighted by atomic mass is 32.1. The average Bonchev–Trinajstić information content (AvgIpc) is 2.61. The molecule has 2 aromatic rings. The molecule has 80 valence electrons. The molecule has 0 unspecified atom stereocenters. The summed E-state index contributed by atoms with van der Waals surface area (Å²) in [5.74, 6) is -1.77. The van der Waals surface area contributed by atoms with E-state index in [0.29, 0.717) is 4.96 Å². The number of hydrogen-bond acceptors (Lipinski definition) is 3. The van der Waals surface area contributed by atoms with Crippen LogP contribution in [0.3, 0.4) is 0 Å². The summed E-state index contributed by atoms with van der Waals surface area (Å²) in [6.07, 6.45) is -2.38. The molecule has 2 aromatic heterocycles. The number of halogens is 3. The topological polar surface area (TPSA) is 34.4 Å². The summed E-state index contributed by atoms with van der Waals surface area (Å²) in [6.45, 7) is 0. The number of fused-ring (bicyclic) bond motifs is 1. The average molecular weight is 234 g/mol. The first kappa shape index (κ1) is 10.2. The maximum absolute atomic E-state index is 11.9. The van der Waals surface area contributed by atoms with Crippen LogP contribution in [0, 0.1) is 0 Å². The fraction of sp³-hybridized carbons (Fsp3) is 0.250. The first-order valence-corrected chi connectivity index (χ1v) is 4.86. The largest absolute Gasteiger partial charge is 0.450 e. The van der Waals surface area contributed by atoms with Crippen molar-refractivity contribution in [3.63, 3.8) is 0 Å². The first-order chi connectivity index (χ1) is 6.97. The number of thiazole rings is 1. The lowest BCUT2D eigenvalue weighted by molar-refractivity contribution is -0.170. The summed E-state index contributed by atoms with van der Waals surface area (Å²) in [5.41, 5.74) is 0.143. The molecule has 15 heavy (non-hydrogen) atoms. The van der Waals surface area contributed by atoms with Crippen LogP contribution in [0.1, 0.15) is 5.69 Å². The molecule has 0 fully saturated rings. The summed E-state index contributed by atoms with van der Waals surface area (Å²) in [5, 5.41) is 1.76. The minimum Gasteiger partial charge on any atom is -0.297 e. The van der Waals surface area contributed by atoms with Crippen molar-refractivity contribution in [2.24, 2.45) is 0 Å². The van der Waals surface area contributed by atoms with E-state index in [1.165, 1.54) is 17.5 Å². The molecule has 0 aliphatic rings. The highest BCUT2D eigenvalue weighted by molar-refractivity contribution is 7.15. The zero-order chi connectivity index (χ0) is 11.1. The van der Waals surface area contributed by atoms with E-state index in [2.05, 4.69) is 4.98 Å². The van der Waals surface area contributed by atoms with Crippen LogP contribution in [0.25, 0.3) is 4.96 Å². The summed E-state index contributed by atoms with van der Waals surface area (Å²) in [4.78, 5) is 15.1. The molecule has 0 spiro atoms. The highest BCUT2D eigenvalue weighted by Crippen LogP contribution is 2.19. The van der Waals surface area contributed by atoms with Gasteiger partial charge in [-0.15, -0.1) is 11.3 Å². The number of carbonyl (C=O) groups is 1. The maximum Gasteiger partial charge on any atom is 0.450 e. The van der Waals surface area contributed by atoms with Gasteiger partial charge in [0.15, 0.2) is 4.96 Å². The Balaban J connectivity index is 2.20. The van der Waals surface area contributed by atoms with Crippen LogP contribution >= 0.6 is 11.3 Å². The van der Waals surface area contributed by atoms with Crippen LogP contribution in [0.5, 0.6) is 0 Å². The lowest BCUT2D eigenvalue weighted by atomic mass is 10.2. The van der Waals surface area contributed by atoms with Gasteiger partial charge < -0.3 is 0 Å². The molecule has 0 amide bonds. The summed E-state index contributed by atoms with van der Waals surface area (Å²) in [6, 6.07) is 0. The van der Waals surface area contributed by atoms with E-state index in [1.807, 2.05) is 0 Å². The number of aromatic nitrogens is 2. The minimum absolute atomic E-state index is 0.143. The molecule has 0 radical (unpaired) electrons. The van der Waals surface area contributed by atoms with E-state index < -0.39 is 18.4 Å². The zero-order valence-electron chi connectivity index (χ0n) is 7.28. The van der Waals surface area contributed by atoms with Gasteiger partial charge in [-0.1, -0.05) is 0 Å². The molecular formula is C8H5F3N2OS. The SMILES string of the molecule is O=C(Cc1cn2ccsc2n1)C(F)(F)F.